The first-order valence-corrected chi connectivity index (χ1v) is 8.36. The molecule has 5 nitrogen and oxygen atoms in total. The summed E-state index contributed by atoms with van der Waals surface area (Å²) in [6.07, 6.45) is 1.30. The Balaban J connectivity index is 2.20. The lowest BCUT2D eigenvalue weighted by molar-refractivity contribution is -0.143. The molecular formula is C12H12N2O3S3. The summed E-state index contributed by atoms with van der Waals surface area (Å²) in [5.74, 6) is -1.11. The van der Waals surface area contributed by atoms with Crippen molar-refractivity contribution in [3.8, 4) is 0 Å². The summed E-state index contributed by atoms with van der Waals surface area (Å²) in [4.78, 5) is 28.3. The van der Waals surface area contributed by atoms with Gasteiger partial charge in [-0.25, -0.2) is 9.78 Å². The van der Waals surface area contributed by atoms with Gasteiger partial charge in [-0.2, -0.15) is 0 Å². The summed E-state index contributed by atoms with van der Waals surface area (Å²) in [6.45, 7) is 3.48. The molecule has 1 aromatic rings. The molecule has 1 N–H and O–H groups in total. The summed E-state index contributed by atoms with van der Waals surface area (Å²) in [6, 6.07) is 0. The van der Waals surface area contributed by atoms with Gasteiger partial charge in [0.05, 0.1) is 10.3 Å². The van der Waals surface area contributed by atoms with Gasteiger partial charge in [0, 0.05) is 11.6 Å². The highest BCUT2D eigenvalue weighted by Crippen LogP contribution is 2.40. The summed E-state index contributed by atoms with van der Waals surface area (Å²) >= 11 is 3.95. The molecule has 20 heavy (non-hydrogen) atoms. The Morgan fingerprint density at radius 3 is 2.55 bits per heavy atom. The van der Waals surface area contributed by atoms with E-state index < -0.39 is 11.9 Å². The van der Waals surface area contributed by atoms with E-state index in [-0.39, 0.29) is 11.7 Å². The molecule has 1 aromatic heterocycles. The van der Waals surface area contributed by atoms with Crippen LogP contribution in [-0.4, -0.2) is 23.0 Å². The number of carbonyl (C=O) groups excluding carboxylic acids is 2. The maximum absolute atomic E-state index is 12.3. The van der Waals surface area contributed by atoms with Gasteiger partial charge in [0.2, 0.25) is 0 Å². The predicted octanol–water partition coefficient (Wildman–Crippen LogP) is 3.20. The van der Waals surface area contributed by atoms with E-state index in [1.54, 1.807) is 25.4 Å². The van der Waals surface area contributed by atoms with Crippen molar-refractivity contribution in [3.63, 3.8) is 0 Å². The minimum Gasteiger partial charge on any atom is -0.459 e. The number of amides is 1. The summed E-state index contributed by atoms with van der Waals surface area (Å²) in [5, 5.41) is 8.44. The zero-order valence-electron chi connectivity index (χ0n) is 10.8. The number of nitrogens with zero attached hydrogens (tertiary/aromatic N) is 1. The van der Waals surface area contributed by atoms with E-state index in [0.717, 1.165) is 0 Å². The Morgan fingerprint density at radius 1 is 1.30 bits per heavy atom. The van der Waals surface area contributed by atoms with Gasteiger partial charge in [-0.1, -0.05) is 23.5 Å². The van der Waals surface area contributed by atoms with Crippen LogP contribution in [0.3, 0.4) is 0 Å². The van der Waals surface area contributed by atoms with Gasteiger partial charge in [0.1, 0.15) is 5.57 Å². The van der Waals surface area contributed by atoms with Crippen molar-refractivity contribution < 1.29 is 14.3 Å². The van der Waals surface area contributed by atoms with E-state index in [1.807, 2.05) is 10.8 Å². The fourth-order valence-corrected chi connectivity index (χ4v) is 3.67. The summed E-state index contributed by atoms with van der Waals surface area (Å²) in [7, 11) is 0. The number of carbonyl (C=O) groups is 2. The average Bonchev–Trinajstić information content (AvgIpc) is 3.01. The molecule has 1 aliphatic rings. The van der Waals surface area contributed by atoms with Crippen molar-refractivity contribution in [1.29, 1.82) is 0 Å². The third-order valence-corrected chi connectivity index (χ3v) is 4.86. The van der Waals surface area contributed by atoms with Crippen LogP contribution >= 0.6 is 34.9 Å². The van der Waals surface area contributed by atoms with Crippen molar-refractivity contribution >= 4 is 51.9 Å². The van der Waals surface area contributed by atoms with Crippen LogP contribution in [0, 0.1) is 0 Å². The van der Waals surface area contributed by atoms with E-state index in [9.17, 15) is 9.59 Å². The minimum absolute atomic E-state index is 0.0221. The molecule has 1 aliphatic heterocycles. The van der Waals surface area contributed by atoms with Gasteiger partial charge in [-0.15, -0.1) is 11.3 Å². The van der Waals surface area contributed by atoms with Crippen LogP contribution in [0.15, 0.2) is 32.2 Å². The molecule has 0 unspecified atom stereocenters. The zero-order chi connectivity index (χ0) is 14.5. The quantitative estimate of drug-likeness (QED) is 0.396. The van der Waals surface area contributed by atoms with Crippen LogP contribution in [-0.2, 0) is 14.3 Å². The molecule has 0 saturated heterocycles. The van der Waals surface area contributed by atoms with Gasteiger partial charge in [0.15, 0.2) is 5.13 Å². The molecular weight excluding hydrogens is 316 g/mol. The molecule has 0 saturated carbocycles. The molecule has 106 valence electrons. The van der Waals surface area contributed by atoms with Crippen molar-refractivity contribution in [3.05, 3.63) is 32.2 Å². The fourth-order valence-electron chi connectivity index (χ4n) is 1.31. The molecule has 0 aliphatic carbocycles. The molecule has 0 aromatic carbocycles. The zero-order valence-corrected chi connectivity index (χ0v) is 13.2. The highest BCUT2D eigenvalue weighted by Gasteiger charge is 2.27. The largest absolute Gasteiger partial charge is 0.459 e. The first-order valence-electron chi connectivity index (χ1n) is 5.72. The number of hydrogen-bond acceptors (Lipinski definition) is 7. The van der Waals surface area contributed by atoms with Crippen LogP contribution in [0.2, 0.25) is 0 Å². The number of esters is 1. The number of thioether (sulfide) groups is 2. The second-order valence-corrected chi connectivity index (χ2v) is 6.90. The van der Waals surface area contributed by atoms with Crippen molar-refractivity contribution in [2.45, 2.75) is 20.0 Å². The normalized spacial score (nSPS) is 13.7. The lowest BCUT2D eigenvalue weighted by Crippen LogP contribution is -2.25. The van der Waals surface area contributed by atoms with Gasteiger partial charge in [0.25, 0.3) is 5.91 Å². The van der Waals surface area contributed by atoms with Gasteiger partial charge in [-0.05, 0) is 24.7 Å². The molecule has 8 heteroatoms. The van der Waals surface area contributed by atoms with Crippen molar-refractivity contribution in [1.82, 2.24) is 4.98 Å². The Bertz CT molecular complexity index is 555. The number of hydrogen-bond donors (Lipinski definition) is 1. The Kier molecular flexibility index (Phi) is 5.27. The van der Waals surface area contributed by atoms with Crippen molar-refractivity contribution in [2.24, 2.45) is 0 Å². The highest BCUT2D eigenvalue weighted by atomic mass is 32.2. The Hall–Kier alpha value is -1.25. The van der Waals surface area contributed by atoms with Crippen LogP contribution in [0.4, 0.5) is 5.13 Å². The van der Waals surface area contributed by atoms with Gasteiger partial charge in [-0.3, -0.25) is 10.1 Å². The van der Waals surface area contributed by atoms with E-state index in [2.05, 4.69) is 10.3 Å². The molecule has 0 fully saturated rings. The lowest BCUT2D eigenvalue weighted by atomic mass is 10.3. The van der Waals surface area contributed by atoms with E-state index >= 15 is 0 Å². The maximum Gasteiger partial charge on any atom is 0.345 e. The molecule has 0 bridgehead atoms. The molecule has 2 rings (SSSR count). The second-order valence-electron chi connectivity index (χ2n) is 3.92. The van der Waals surface area contributed by atoms with E-state index in [0.29, 0.717) is 9.37 Å². The first kappa shape index (κ1) is 15.1. The third kappa shape index (κ3) is 3.87. The molecule has 0 atom stereocenters. The fraction of sp³-hybridized carbons (Fsp3) is 0.250. The number of ether oxygens (including phenoxy) is 1. The standard InChI is InChI=1S/C12H12N2O3S3/c1-7(2)17-10(16)8(11-18-5-6-19-11)9(15)14-12-13-3-4-20-12/h3-7H,1-2H3,(H,13,14,15). The average molecular weight is 328 g/mol. The topological polar surface area (TPSA) is 68.3 Å². The monoisotopic (exact) mass is 328 g/mol. The minimum atomic E-state index is -0.618. The number of anilines is 1. The number of thiazole rings is 1. The smallest absolute Gasteiger partial charge is 0.345 e. The van der Waals surface area contributed by atoms with Gasteiger partial charge >= 0.3 is 5.97 Å². The van der Waals surface area contributed by atoms with Crippen LogP contribution in [0.1, 0.15) is 13.8 Å². The number of aromatic nitrogens is 1. The molecule has 0 radical (unpaired) electrons. The first-order chi connectivity index (χ1) is 9.58. The van der Waals surface area contributed by atoms with Crippen LogP contribution in [0.5, 0.6) is 0 Å². The maximum atomic E-state index is 12.3. The van der Waals surface area contributed by atoms with Crippen LogP contribution < -0.4 is 5.32 Å². The molecule has 1 amide bonds. The number of nitrogens with one attached hydrogen (secondary N) is 1. The molecule has 2 heterocycles. The van der Waals surface area contributed by atoms with Crippen molar-refractivity contribution in [2.75, 3.05) is 5.32 Å². The second kappa shape index (κ2) is 6.96. The Labute approximate surface area is 128 Å². The summed E-state index contributed by atoms with van der Waals surface area (Å²) < 4.78 is 5.75. The third-order valence-electron chi connectivity index (χ3n) is 2.04. The number of rotatable bonds is 4. The highest BCUT2D eigenvalue weighted by molar-refractivity contribution is 8.27. The van der Waals surface area contributed by atoms with Gasteiger partial charge < -0.3 is 4.74 Å². The lowest BCUT2D eigenvalue weighted by Gasteiger charge is -2.12. The van der Waals surface area contributed by atoms with E-state index in [4.69, 9.17) is 4.74 Å². The van der Waals surface area contributed by atoms with E-state index in [1.165, 1.54) is 34.9 Å². The summed E-state index contributed by atoms with van der Waals surface area (Å²) in [5.41, 5.74) is 0.0221. The molecule has 0 spiro atoms. The predicted molar refractivity (Wildman–Crippen MR) is 83.3 cm³/mol. The Morgan fingerprint density at radius 2 is 2.00 bits per heavy atom. The SMILES string of the molecule is CC(C)OC(=O)C(C(=O)Nc1nccs1)=C1SC=CS1. The van der Waals surface area contributed by atoms with Crippen LogP contribution in [0.25, 0.3) is 0 Å².